The summed E-state index contributed by atoms with van der Waals surface area (Å²) in [6.07, 6.45) is 6.81. The minimum Gasteiger partial charge on any atom is -0.493 e. The lowest BCUT2D eigenvalue weighted by atomic mass is 9.97. The third-order valence-corrected chi connectivity index (χ3v) is 6.29. The number of thioether (sulfide) groups is 1. The molecule has 0 amide bonds. The number of hydrogen-bond acceptors (Lipinski definition) is 5. The Morgan fingerprint density at radius 2 is 1.79 bits per heavy atom. The smallest absolute Gasteiger partial charge is 0.336 e. The predicted molar refractivity (Wildman–Crippen MR) is 141 cm³/mol. The van der Waals surface area contributed by atoms with E-state index in [1.807, 2.05) is 37.7 Å². The maximum atomic E-state index is 12.7. The van der Waals surface area contributed by atoms with Crippen LogP contribution in [-0.4, -0.2) is 41.1 Å². The van der Waals surface area contributed by atoms with Crippen LogP contribution in [0.25, 0.3) is 6.08 Å². The first-order chi connectivity index (χ1) is 16.2. The average Bonchev–Trinajstić information content (AvgIpc) is 2.79. The number of ether oxygens (including phenoxy) is 2. The van der Waals surface area contributed by atoms with E-state index < -0.39 is 5.97 Å². The molecule has 0 atom stereocenters. The molecule has 0 spiro atoms. The fourth-order valence-electron chi connectivity index (χ4n) is 3.59. The van der Waals surface area contributed by atoms with Gasteiger partial charge in [-0.25, -0.2) is 4.79 Å². The molecule has 0 saturated heterocycles. The fourth-order valence-corrected chi connectivity index (χ4v) is 4.41. The lowest BCUT2D eigenvalue weighted by molar-refractivity contribution is 0.0694. The van der Waals surface area contributed by atoms with Gasteiger partial charge in [-0.2, -0.15) is 11.8 Å². The van der Waals surface area contributed by atoms with E-state index in [4.69, 9.17) is 9.47 Å². The second-order valence-electron chi connectivity index (χ2n) is 8.47. The molecule has 1 N–H and O–H groups in total. The van der Waals surface area contributed by atoms with E-state index in [2.05, 4.69) is 6.92 Å². The number of hydrogen-bond donors (Lipinski definition) is 1. The summed E-state index contributed by atoms with van der Waals surface area (Å²) in [5, 5.41) is 9.56. The van der Waals surface area contributed by atoms with Crippen molar-refractivity contribution in [3.05, 3.63) is 64.2 Å². The van der Waals surface area contributed by atoms with Gasteiger partial charge in [0.15, 0.2) is 5.78 Å². The van der Waals surface area contributed by atoms with Crippen molar-refractivity contribution in [3.8, 4) is 11.5 Å². The number of aryl methyl sites for hydroxylation is 1. The molecular formula is C28H36O5S. The van der Waals surface area contributed by atoms with Gasteiger partial charge in [0.05, 0.1) is 18.3 Å². The second-order valence-corrected chi connectivity index (χ2v) is 9.70. The van der Waals surface area contributed by atoms with Crippen LogP contribution in [0.1, 0.15) is 77.4 Å². The lowest BCUT2D eigenvalue weighted by Crippen LogP contribution is -2.12. The van der Waals surface area contributed by atoms with E-state index in [1.165, 1.54) is 31.1 Å². The summed E-state index contributed by atoms with van der Waals surface area (Å²) in [7, 11) is 0. The summed E-state index contributed by atoms with van der Waals surface area (Å²) in [6, 6.07) is 8.88. The van der Waals surface area contributed by atoms with Crippen LogP contribution in [0, 0.1) is 13.8 Å². The molecule has 0 bridgehead atoms. The second kappa shape index (κ2) is 13.9. The van der Waals surface area contributed by atoms with E-state index in [1.54, 1.807) is 38.1 Å². The van der Waals surface area contributed by atoms with Crippen LogP contribution < -0.4 is 9.47 Å². The molecule has 0 aliphatic carbocycles. The largest absolute Gasteiger partial charge is 0.493 e. The van der Waals surface area contributed by atoms with Crippen molar-refractivity contribution in [2.45, 2.75) is 60.0 Å². The van der Waals surface area contributed by atoms with Crippen molar-refractivity contribution >= 4 is 29.6 Å². The molecule has 0 aromatic heterocycles. The maximum absolute atomic E-state index is 12.7. The van der Waals surface area contributed by atoms with Crippen LogP contribution in [0.2, 0.25) is 0 Å². The van der Waals surface area contributed by atoms with Gasteiger partial charge < -0.3 is 14.6 Å². The normalized spacial score (nSPS) is 11.2. The number of allylic oxidation sites excluding steroid dienone is 1. The molecule has 2 rings (SSSR count). The SMILES string of the molecule is CCCCCSCCOc1ccc(C(=O)C=Cc2cc(C)c(C(=O)O)c(C)c2OC(C)C)cc1. The standard InChI is InChI=1S/C28H36O5S/c1-6-7-8-16-34-17-15-32-24-12-9-22(10-13-24)25(29)14-11-23-18-20(4)26(28(30)31)21(5)27(23)33-19(2)3/h9-14,18-19H,6-8,15-17H2,1-5H3,(H,30,31). The summed E-state index contributed by atoms with van der Waals surface area (Å²) < 4.78 is 11.7. The molecule has 6 heteroatoms. The molecular weight excluding hydrogens is 448 g/mol. The number of carboxylic acid groups (broad SMARTS) is 1. The molecule has 0 radical (unpaired) electrons. The van der Waals surface area contributed by atoms with Crippen molar-refractivity contribution in [2.75, 3.05) is 18.1 Å². The number of carboxylic acids is 1. The van der Waals surface area contributed by atoms with Crippen LogP contribution in [0.5, 0.6) is 11.5 Å². The topological polar surface area (TPSA) is 72.8 Å². The zero-order chi connectivity index (χ0) is 25.1. The van der Waals surface area contributed by atoms with Gasteiger partial charge >= 0.3 is 5.97 Å². The minimum atomic E-state index is -0.993. The Hall–Kier alpha value is -2.73. The van der Waals surface area contributed by atoms with Gasteiger partial charge in [-0.1, -0.05) is 19.8 Å². The first kappa shape index (κ1) is 27.5. The summed E-state index contributed by atoms with van der Waals surface area (Å²) in [4.78, 5) is 24.4. The van der Waals surface area contributed by atoms with Crippen LogP contribution in [0.15, 0.2) is 36.4 Å². The van der Waals surface area contributed by atoms with Crippen molar-refractivity contribution in [1.29, 1.82) is 0 Å². The Kier molecular flexibility index (Phi) is 11.2. The molecule has 34 heavy (non-hydrogen) atoms. The predicted octanol–water partition coefficient (Wildman–Crippen LogP) is 6.99. The highest BCUT2D eigenvalue weighted by atomic mass is 32.2. The van der Waals surface area contributed by atoms with Gasteiger partial charge in [-0.05, 0) is 87.9 Å². The summed E-state index contributed by atoms with van der Waals surface area (Å²) in [5.74, 6) is 2.21. The van der Waals surface area contributed by atoms with Crippen LogP contribution in [-0.2, 0) is 0 Å². The number of aromatic carboxylic acids is 1. The highest BCUT2D eigenvalue weighted by molar-refractivity contribution is 7.99. The van der Waals surface area contributed by atoms with Crippen molar-refractivity contribution in [2.24, 2.45) is 0 Å². The van der Waals surface area contributed by atoms with Crippen LogP contribution in [0.4, 0.5) is 0 Å². The van der Waals surface area contributed by atoms with E-state index in [0.29, 0.717) is 34.6 Å². The highest BCUT2D eigenvalue weighted by Gasteiger charge is 2.19. The van der Waals surface area contributed by atoms with Crippen LogP contribution >= 0.6 is 11.8 Å². The minimum absolute atomic E-state index is 0.131. The summed E-state index contributed by atoms with van der Waals surface area (Å²) in [6.45, 7) is 10.1. The zero-order valence-corrected chi connectivity index (χ0v) is 21.7. The molecule has 2 aromatic carbocycles. The number of carbonyl (C=O) groups excluding carboxylic acids is 1. The molecule has 0 aliphatic heterocycles. The molecule has 0 fully saturated rings. The average molecular weight is 485 g/mol. The third kappa shape index (κ3) is 8.24. The van der Waals surface area contributed by atoms with E-state index in [-0.39, 0.29) is 17.5 Å². The van der Waals surface area contributed by atoms with Gasteiger partial charge in [0.1, 0.15) is 11.5 Å². The van der Waals surface area contributed by atoms with Crippen LogP contribution in [0.3, 0.4) is 0 Å². The first-order valence-electron chi connectivity index (χ1n) is 11.8. The maximum Gasteiger partial charge on any atom is 0.336 e. The van der Waals surface area contributed by atoms with Gasteiger partial charge in [0.25, 0.3) is 0 Å². The first-order valence-corrected chi connectivity index (χ1v) is 13.0. The number of rotatable bonds is 14. The van der Waals surface area contributed by atoms with Crippen molar-refractivity contribution < 1.29 is 24.2 Å². The molecule has 0 heterocycles. The molecule has 184 valence electrons. The number of carbonyl (C=O) groups is 2. The fraction of sp³-hybridized carbons (Fsp3) is 0.429. The van der Waals surface area contributed by atoms with Gasteiger partial charge in [-0.3, -0.25) is 4.79 Å². The quantitative estimate of drug-likeness (QED) is 0.177. The molecule has 0 aliphatic rings. The Labute approximate surface area is 207 Å². The molecule has 5 nitrogen and oxygen atoms in total. The number of benzene rings is 2. The number of unbranched alkanes of at least 4 members (excludes halogenated alkanes) is 2. The van der Waals surface area contributed by atoms with Crippen molar-refractivity contribution in [1.82, 2.24) is 0 Å². The third-order valence-electron chi connectivity index (χ3n) is 5.25. The van der Waals surface area contributed by atoms with Gasteiger partial charge in [-0.15, -0.1) is 0 Å². The molecule has 0 unspecified atom stereocenters. The Bertz CT molecular complexity index is 993. The Morgan fingerprint density at radius 3 is 2.41 bits per heavy atom. The highest BCUT2D eigenvalue weighted by Crippen LogP contribution is 2.32. The molecule has 2 aromatic rings. The van der Waals surface area contributed by atoms with E-state index in [0.717, 1.165) is 11.5 Å². The summed E-state index contributed by atoms with van der Waals surface area (Å²) >= 11 is 1.90. The Balaban J connectivity index is 2.06. The van der Waals surface area contributed by atoms with Gasteiger partial charge in [0.2, 0.25) is 0 Å². The van der Waals surface area contributed by atoms with Crippen molar-refractivity contribution in [3.63, 3.8) is 0 Å². The van der Waals surface area contributed by atoms with E-state index in [9.17, 15) is 14.7 Å². The van der Waals surface area contributed by atoms with Gasteiger partial charge in [0, 0.05) is 22.4 Å². The monoisotopic (exact) mass is 484 g/mol. The number of ketones is 1. The molecule has 0 saturated carbocycles. The summed E-state index contributed by atoms with van der Waals surface area (Å²) in [5.41, 5.74) is 2.64. The zero-order valence-electron chi connectivity index (χ0n) is 20.8. The lowest BCUT2D eigenvalue weighted by Gasteiger charge is -2.18. The Morgan fingerprint density at radius 1 is 1.09 bits per heavy atom. The van der Waals surface area contributed by atoms with E-state index >= 15 is 0 Å².